The molecule has 2 aromatic rings. The van der Waals surface area contributed by atoms with Crippen LogP contribution in [-0.2, 0) is 0 Å². The van der Waals surface area contributed by atoms with E-state index in [0.717, 1.165) is 5.02 Å². The summed E-state index contributed by atoms with van der Waals surface area (Å²) in [7, 11) is 0. The first kappa shape index (κ1) is 7.69. The Kier molecular flexibility index (Phi) is 1.62. The van der Waals surface area contributed by atoms with Crippen LogP contribution in [0.4, 0.5) is 0 Å². The molecule has 0 fully saturated rings. The van der Waals surface area contributed by atoms with Gasteiger partial charge in [-0.05, 0) is 37.1 Å². The number of benzene rings is 1. The molecule has 1 heterocycles. The predicted molar refractivity (Wildman–Crippen MR) is 52.8 cm³/mol. The normalized spacial score (nSPS) is 10.9. The number of H-pyrrole nitrogens is 1. The molecule has 0 aliphatic carbocycles. The van der Waals surface area contributed by atoms with E-state index in [0.29, 0.717) is 0 Å². The summed E-state index contributed by atoms with van der Waals surface area (Å²) in [6.45, 7) is 4.14. The van der Waals surface area contributed by atoms with Gasteiger partial charge in [0.15, 0.2) is 0 Å². The summed E-state index contributed by atoms with van der Waals surface area (Å²) in [4.78, 5) is 3.22. The highest BCUT2D eigenvalue weighted by Crippen LogP contribution is 2.24. The number of aromatic amines is 1. The Morgan fingerprint density at radius 1 is 1.17 bits per heavy atom. The van der Waals surface area contributed by atoms with Gasteiger partial charge >= 0.3 is 0 Å². The first-order valence-electron chi connectivity index (χ1n) is 3.92. The van der Waals surface area contributed by atoms with Crippen LogP contribution in [0.25, 0.3) is 10.9 Å². The Labute approximate surface area is 76.4 Å². The molecule has 12 heavy (non-hydrogen) atoms. The fourth-order valence-electron chi connectivity index (χ4n) is 1.50. The topological polar surface area (TPSA) is 15.8 Å². The third-order valence-electron chi connectivity index (χ3n) is 2.16. The van der Waals surface area contributed by atoms with Crippen molar-refractivity contribution < 1.29 is 0 Å². The minimum absolute atomic E-state index is 0.808. The van der Waals surface area contributed by atoms with Crippen LogP contribution in [-0.4, -0.2) is 4.98 Å². The maximum Gasteiger partial charge on any atom is 0.0487 e. The highest BCUT2D eigenvalue weighted by molar-refractivity contribution is 6.31. The van der Waals surface area contributed by atoms with Gasteiger partial charge in [0.05, 0.1) is 0 Å². The number of aryl methyl sites for hydroxylation is 2. The van der Waals surface area contributed by atoms with E-state index in [1.54, 1.807) is 0 Å². The average Bonchev–Trinajstić information content (AvgIpc) is 2.33. The predicted octanol–water partition coefficient (Wildman–Crippen LogP) is 3.44. The quantitative estimate of drug-likeness (QED) is 0.638. The van der Waals surface area contributed by atoms with E-state index in [4.69, 9.17) is 11.6 Å². The number of hydrogen-bond donors (Lipinski definition) is 1. The molecule has 1 aromatic carbocycles. The van der Waals surface area contributed by atoms with Gasteiger partial charge in [-0.2, -0.15) is 0 Å². The molecule has 0 unspecified atom stereocenters. The zero-order chi connectivity index (χ0) is 8.72. The van der Waals surface area contributed by atoms with Crippen LogP contribution < -0.4 is 0 Å². The van der Waals surface area contributed by atoms with Crippen LogP contribution >= 0.6 is 11.6 Å². The lowest BCUT2D eigenvalue weighted by molar-refractivity contribution is 1.40. The molecule has 2 rings (SSSR count). The van der Waals surface area contributed by atoms with Crippen molar-refractivity contribution in [3.05, 3.63) is 34.5 Å². The maximum atomic E-state index is 5.94. The van der Waals surface area contributed by atoms with Gasteiger partial charge in [0.2, 0.25) is 0 Å². The molecule has 0 saturated heterocycles. The van der Waals surface area contributed by atoms with Crippen molar-refractivity contribution in [1.29, 1.82) is 0 Å². The minimum Gasteiger partial charge on any atom is -0.361 e. The van der Waals surface area contributed by atoms with Gasteiger partial charge in [-0.3, -0.25) is 0 Å². The molecule has 1 N–H and O–H groups in total. The maximum absolute atomic E-state index is 5.94. The zero-order valence-corrected chi connectivity index (χ0v) is 7.87. The Hall–Kier alpha value is -0.950. The molecule has 0 spiro atoms. The van der Waals surface area contributed by atoms with Gasteiger partial charge in [0, 0.05) is 22.1 Å². The van der Waals surface area contributed by atoms with E-state index >= 15 is 0 Å². The fourth-order valence-corrected chi connectivity index (χ4v) is 1.78. The van der Waals surface area contributed by atoms with Crippen LogP contribution in [0.5, 0.6) is 0 Å². The second kappa shape index (κ2) is 2.53. The summed E-state index contributed by atoms with van der Waals surface area (Å²) in [6, 6.07) is 3.97. The van der Waals surface area contributed by atoms with Crippen molar-refractivity contribution in [3.8, 4) is 0 Å². The number of nitrogens with one attached hydrogen (secondary N) is 1. The first-order chi connectivity index (χ1) is 5.68. The average molecular weight is 180 g/mol. The van der Waals surface area contributed by atoms with Crippen molar-refractivity contribution in [1.82, 2.24) is 4.98 Å². The summed E-state index contributed by atoms with van der Waals surface area (Å²) in [5, 5.41) is 2.03. The Balaban J connectivity index is 2.92. The molecular formula is C10H10ClN. The van der Waals surface area contributed by atoms with Crippen LogP contribution in [0.1, 0.15) is 11.1 Å². The smallest absolute Gasteiger partial charge is 0.0487 e. The molecule has 2 heteroatoms. The monoisotopic (exact) mass is 179 g/mol. The molecule has 0 saturated carbocycles. The summed E-state index contributed by atoms with van der Waals surface area (Å²) in [5.74, 6) is 0. The number of rotatable bonds is 0. The minimum atomic E-state index is 0.808. The SMILES string of the molecule is Cc1c[nH]c2c(C)cc(Cl)cc12. The van der Waals surface area contributed by atoms with Crippen LogP contribution in [0.15, 0.2) is 18.3 Å². The van der Waals surface area contributed by atoms with Crippen molar-refractivity contribution in [3.63, 3.8) is 0 Å². The number of aromatic nitrogens is 1. The van der Waals surface area contributed by atoms with Gasteiger partial charge in [-0.25, -0.2) is 0 Å². The molecule has 0 bridgehead atoms. The first-order valence-corrected chi connectivity index (χ1v) is 4.30. The standard InChI is InChI=1S/C10H10ClN/c1-6-3-8(11)4-9-7(2)5-12-10(6)9/h3-5,12H,1-2H3. The van der Waals surface area contributed by atoms with Gasteiger partial charge in [0.1, 0.15) is 0 Å². The Morgan fingerprint density at radius 3 is 2.67 bits per heavy atom. The summed E-state index contributed by atoms with van der Waals surface area (Å²) in [6.07, 6.45) is 2.01. The van der Waals surface area contributed by atoms with E-state index in [9.17, 15) is 0 Å². The summed E-state index contributed by atoms with van der Waals surface area (Å²) >= 11 is 5.94. The largest absolute Gasteiger partial charge is 0.361 e. The van der Waals surface area contributed by atoms with Crippen LogP contribution in [0.2, 0.25) is 5.02 Å². The van der Waals surface area contributed by atoms with E-state index in [1.807, 2.05) is 18.3 Å². The lowest BCUT2D eigenvalue weighted by atomic mass is 10.1. The van der Waals surface area contributed by atoms with Gasteiger partial charge in [-0.15, -0.1) is 0 Å². The lowest BCUT2D eigenvalue weighted by Crippen LogP contribution is -1.76. The molecule has 1 aromatic heterocycles. The fraction of sp³-hybridized carbons (Fsp3) is 0.200. The molecule has 0 atom stereocenters. The van der Waals surface area contributed by atoms with E-state index in [1.165, 1.54) is 22.0 Å². The summed E-state index contributed by atoms with van der Waals surface area (Å²) < 4.78 is 0. The second-order valence-electron chi connectivity index (χ2n) is 3.12. The van der Waals surface area contributed by atoms with Gasteiger partial charge < -0.3 is 4.98 Å². The van der Waals surface area contributed by atoms with E-state index in [-0.39, 0.29) is 0 Å². The molecule has 0 radical (unpaired) electrons. The number of halogens is 1. The van der Waals surface area contributed by atoms with Crippen LogP contribution in [0.3, 0.4) is 0 Å². The molecule has 0 amide bonds. The molecular weight excluding hydrogens is 170 g/mol. The third kappa shape index (κ3) is 1.01. The molecule has 0 aliphatic rings. The third-order valence-corrected chi connectivity index (χ3v) is 2.38. The Bertz CT molecular complexity index is 429. The van der Waals surface area contributed by atoms with Crippen LogP contribution in [0, 0.1) is 13.8 Å². The number of hydrogen-bond acceptors (Lipinski definition) is 0. The second-order valence-corrected chi connectivity index (χ2v) is 3.55. The summed E-state index contributed by atoms with van der Waals surface area (Å²) in [5.41, 5.74) is 3.64. The highest BCUT2D eigenvalue weighted by atomic mass is 35.5. The molecule has 62 valence electrons. The Morgan fingerprint density at radius 2 is 1.92 bits per heavy atom. The van der Waals surface area contributed by atoms with Crippen molar-refractivity contribution in [2.45, 2.75) is 13.8 Å². The molecule has 0 aliphatic heterocycles. The van der Waals surface area contributed by atoms with Crippen molar-refractivity contribution >= 4 is 22.5 Å². The van der Waals surface area contributed by atoms with Crippen molar-refractivity contribution in [2.75, 3.05) is 0 Å². The van der Waals surface area contributed by atoms with E-state index < -0.39 is 0 Å². The lowest BCUT2D eigenvalue weighted by Gasteiger charge is -1.97. The molecule has 1 nitrogen and oxygen atoms in total. The van der Waals surface area contributed by atoms with E-state index in [2.05, 4.69) is 18.8 Å². The van der Waals surface area contributed by atoms with Gasteiger partial charge in [0.25, 0.3) is 0 Å². The highest BCUT2D eigenvalue weighted by Gasteiger charge is 2.02. The zero-order valence-electron chi connectivity index (χ0n) is 7.11. The van der Waals surface area contributed by atoms with Gasteiger partial charge in [-0.1, -0.05) is 11.6 Å². The van der Waals surface area contributed by atoms with Crippen molar-refractivity contribution in [2.24, 2.45) is 0 Å². The number of fused-ring (bicyclic) bond motifs is 1.